The van der Waals surface area contributed by atoms with Crippen molar-refractivity contribution in [3.8, 4) is 10.6 Å². The Morgan fingerprint density at radius 2 is 1.20 bits per heavy atom. The van der Waals surface area contributed by atoms with Gasteiger partial charge in [-0.15, -0.1) is 21.5 Å². The first-order valence-corrected chi connectivity index (χ1v) is 14.7. The second-order valence-corrected chi connectivity index (χ2v) is 11.5. The predicted octanol–water partition coefficient (Wildman–Crippen LogP) is 6.04. The van der Waals surface area contributed by atoms with Crippen LogP contribution < -0.4 is 39.3 Å². The zero-order chi connectivity index (χ0) is 29.8. The Bertz CT molecular complexity index is 1440. The molecule has 3 heterocycles. The van der Waals surface area contributed by atoms with Gasteiger partial charge >= 0.3 is 0 Å². The summed E-state index contributed by atoms with van der Waals surface area (Å²) in [5, 5.41) is 11.3. The van der Waals surface area contributed by atoms with Crippen LogP contribution in [-0.2, 0) is 0 Å². The van der Waals surface area contributed by atoms with E-state index in [9.17, 15) is 0 Å². The molecule has 2 aromatic heterocycles. The maximum Gasteiger partial charge on any atom is 0.203 e. The van der Waals surface area contributed by atoms with E-state index in [4.69, 9.17) is 34.4 Å². The lowest BCUT2D eigenvalue weighted by atomic mass is 10.2. The van der Waals surface area contributed by atoms with Crippen LogP contribution in [0.15, 0.2) is 78.9 Å². The van der Waals surface area contributed by atoms with Gasteiger partial charge in [0.05, 0.1) is 10.0 Å². The summed E-state index contributed by atoms with van der Waals surface area (Å²) in [6, 6.07) is 24.9. The number of nitrogens with two attached hydrogens (primary N) is 6. The summed E-state index contributed by atoms with van der Waals surface area (Å²) in [5.74, 6) is 0. The number of hydrogen-bond acceptors (Lipinski definition) is 11. The zero-order valence-electron chi connectivity index (χ0n) is 23.5. The van der Waals surface area contributed by atoms with Crippen molar-refractivity contribution in [2.75, 3.05) is 52.4 Å². The lowest BCUT2D eigenvalue weighted by molar-refractivity contribution is 0.949. The molecule has 1 fully saturated rings. The van der Waals surface area contributed by atoms with Crippen LogP contribution in [0.3, 0.4) is 0 Å². The van der Waals surface area contributed by atoms with E-state index < -0.39 is 0 Å². The Morgan fingerprint density at radius 3 is 1.61 bits per heavy atom. The number of nitrogen functional groups attached to an aromatic ring is 6. The Kier molecular flexibility index (Phi) is 11.6. The van der Waals surface area contributed by atoms with Crippen LogP contribution in [0.5, 0.6) is 0 Å². The van der Waals surface area contributed by atoms with E-state index >= 15 is 0 Å². The molecule has 5 aromatic rings. The van der Waals surface area contributed by atoms with Crippen molar-refractivity contribution in [1.29, 1.82) is 0 Å². The Balaban J connectivity index is 0.000000152. The van der Waals surface area contributed by atoms with E-state index in [0.717, 1.165) is 49.4 Å². The average molecular weight is 590 g/mol. The van der Waals surface area contributed by atoms with Gasteiger partial charge in [-0.3, -0.25) is 0 Å². The van der Waals surface area contributed by atoms with Crippen molar-refractivity contribution < 1.29 is 0 Å². The summed E-state index contributed by atoms with van der Waals surface area (Å²) in [7, 11) is 0. The minimum absolute atomic E-state index is 0.508. The largest absolute Gasteiger partial charge is 0.399 e. The van der Waals surface area contributed by atoms with E-state index in [1.54, 1.807) is 23.5 Å². The number of thiophene rings is 1. The van der Waals surface area contributed by atoms with Crippen molar-refractivity contribution in [2.24, 2.45) is 0 Å². The first kappa shape index (κ1) is 31.1. The second kappa shape index (κ2) is 15.3. The Hall–Kier alpha value is -4.48. The molecule has 0 aliphatic carbocycles. The first-order chi connectivity index (χ1) is 19.6. The lowest BCUT2D eigenvalue weighted by Gasteiger charge is -2.13. The monoisotopic (exact) mass is 589 g/mol. The van der Waals surface area contributed by atoms with Crippen molar-refractivity contribution in [3.05, 3.63) is 90.0 Å². The zero-order valence-corrected chi connectivity index (χ0v) is 25.1. The van der Waals surface area contributed by atoms with E-state index in [-0.39, 0.29) is 0 Å². The van der Waals surface area contributed by atoms with Crippen molar-refractivity contribution in [1.82, 2.24) is 10.2 Å². The van der Waals surface area contributed by atoms with Gasteiger partial charge in [0, 0.05) is 41.4 Å². The molecule has 3 aromatic carbocycles. The molecule has 0 radical (unpaired) electrons. The summed E-state index contributed by atoms with van der Waals surface area (Å²) >= 11 is 3.09. The maximum absolute atomic E-state index is 5.64. The van der Waals surface area contributed by atoms with Gasteiger partial charge in [-0.25, -0.2) is 0 Å². The molecule has 6 rings (SSSR count). The maximum atomic E-state index is 5.64. The smallest absolute Gasteiger partial charge is 0.203 e. The second-order valence-electron chi connectivity index (χ2n) is 9.41. The number of anilines is 7. The van der Waals surface area contributed by atoms with E-state index in [1.807, 2.05) is 74.5 Å². The van der Waals surface area contributed by atoms with Crippen molar-refractivity contribution >= 4 is 60.6 Å². The summed E-state index contributed by atoms with van der Waals surface area (Å²) in [5.41, 5.74) is 39.4. The number of benzene rings is 3. The van der Waals surface area contributed by atoms with Crippen molar-refractivity contribution in [2.45, 2.75) is 26.7 Å². The van der Waals surface area contributed by atoms with Crippen molar-refractivity contribution in [3.63, 3.8) is 0 Å². The lowest BCUT2D eigenvalue weighted by Crippen LogP contribution is -2.15. The van der Waals surface area contributed by atoms with Crippen LogP contribution in [0, 0.1) is 13.8 Å². The number of nitrogens with zero attached hydrogens (tertiary/aromatic N) is 3. The number of hydrogen-bond donors (Lipinski definition) is 6. The molecule has 1 saturated heterocycles. The van der Waals surface area contributed by atoms with Gasteiger partial charge < -0.3 is 39.3 Å². The average Bonchev–Trinajstić information content (AvgIpc) is 3.73. The third kappa shape index (κ3) is 10.2. The molecule has 9 nitrogen and oxygen atoms in total. The summed E-state index contributed by atoms with van der Waals surface area (Å²) in [4.78, 5) is 2.40. The van der Waals surface area contributed by atoms with Crippen LogP contribution in [-0.4, -0.2) is 23.3 Å². The number of aryl methyl sites for hydroxylation is 2. The normalized spacial score (nSPS) is 11.8. The minimum Gasteiger partial charge on any atom is -0.399 e. The van der Waals surface area contributed by atoms with Gasteiger partial charge in [-0.2, -0.15) is 0 Å². The van der Waals surface area contributed by atoms with E-state index in [0.29, 0.717) is 5.13 Å². The van der Waals surface area contributed by atoms with E-state index in [1.165, 1.54) is 42.3 Å². The molecular weight excluding hydrogens is 551 g/mol. The van der Waals surface area contributed by atoms with Crippen LogP contribution in [0.25, 0.3) is 10.6 Å². The standard InChI is InChI=1S/C8H7N3S.C8H12N2S.2C7H10N2/c9-8-11-10-7(12-8)6-4-2-1-3-5-6;9-7-3-4-8(11-7)10-5-1-2-6-10;2*1-5-4-6(8)2-3-7(5)9/h1-5H,(H2,9,11);3-4H,1-2,5-6,9H2;2*2-4H,8-9H2,1H3. The molecule has 0 unspecified atom stereocenters. The topological polar surface area (TPSA) is 185 Å². The highest BCUT2D eigenvalue weighted by Crippen LogP contribution is 2.30. The van der Waals surface area contributed by atoms with Gasteiger partial charge in [-0.1, -0.05) is 41.7 Å². The molecular formula is C30H39N9S2. The van der Waals surface area contributed by atoms with Crippen LogP contribution in [0.4, 0.5) is 37.9 Å². The molecule has 0 amide bonds. The predicted molar refractivity (Wildman–Crippen MR) is 180 cm³/mol. The highest BCUT2D eigenvalue weighted by Gasteiger charge is 2.13. The van der Waals surface area contributed by atoms with Crippen LogP contribution in [0.2, 0.25) is 0 Å². The fourth-order valence-corrected chi connectivity index (χ4v) is 5.22. The van der Waals surface area contributed by atoms with Gasteiger partial charge in [0.1, 0.15) is 5.01 Å². The summed E-state index contributed by atoms with van der Waals surface area (Å²) < 4.78 is 0. The number of aromatic nitrogens is 2. The molecule has 0 bridgehead atoms. The highest BCUT2D eigenvalue weighted by atomic mass is 32.1. The van der Waals surface area contributed by atoms with E-state index in [2.05, 4.69) is 21.2 Å². The highest BCUT2D eigenvalue weighted by molar-refractivity contribution is 7.19. The fourth-order valence-electron chi connectivity index (χ4n) is 3.78. The summed E-state index contributed by atoms with van der Waals surface area (Å²) in [6.07, 6.45) is 2.66. The van der Waals surface area contributed by atoms with Crippen LogP contribution in [0.1, 0.15) is 24.0 Å². The molecule has 12 N–H and O–H groups in total. The third-order valence-corrected chi connectivity index (χ3v) is 7.86. The molecule has 216 valence electrons. The molecule has 1 aliphatic rings. The molecule has 11 heteroatoms. The third-order valence-electron chi connectivity index (χ3n) is 6.08. The quantitative estimate of drug-likeness (QED) is 0.134. The molecule has 0 saturated carbocycles. The summed E-state index contributed by atoms with van der Waals surface area (Å²) in [6.45, 7) is 6.29. The fraction of sp³-hybridized carbons (Fsp3) is 0.200. The van der Waals surface area contributed by atoms with Gasteiger partial charge in [0.15, 0.2) is 0 Å². The Labute approximate surface area is 249 Å². The van der Waals surface area contributed by atoms with Crippen LogP contribution >= 0.6 is 22.7 Å². The van der Waals surface area contributed by atoms with Gasteiger partial charge in [-0.05, 0) is 86.3 Å². The SMILES string of the molecule is Cc1cc(N)ccc1N.Cc1cc(N)ccc1N.Nc1ccc(N2CCCC2)s1.Nc1nnc(-c2ccccc2)s1. The number of rotatable bonds is 2. The molecule has 0 atom stereocenters. The first-order valence-electron chi connectivity index (χ1n) is 13.1. The molecule has 0 spiro atoms. The Morgan fingerprint density at radius 1 is 0.634 bits per heavy atom. The minimum atomic E-state index is 0.508. The molecule has 41 heavy (non-hydrogen) atoms. The molecule has 1 aliphatic heterocycles. The van der Waals surface area contributed by atoms with Gasteiger partial charge in [0.25, 0.3) is 0 Å². The van der Waals surface area contributed by atoms with Gasteiger partial charge in [0.2, 0.25) is 5.13 Å².